The van der Waals surface area contributed by atoms with Crippen LogP contribution in [-0.4, -0.2) is 26.2 Å². The molecule has 2 saturated heterocycles. The average Bonchev–Trinajstić information content (AvgIpc) is 3.62. The van der Waals surface area contributed by atoms with Crippen molar-refractivity contribution in [3.05, 3.63) is 89.2 Å². The second kappa shape index (κ2) is 12.4. The average molecular weight is 578 g/mol. The molecule has 0 saturated carbocycles. The predicted octanol–water partition coefficient (Wildman–Crippen LogP) is 3.54. The highest BCUT2D eigenvalue weighted by Gasteiger charge is 2.13. The van der Waals surface area contributed by atoms with E-state index in [2.05, 4.69) is 112 Å². The highest BCUT2D eigenvalue weighted by molar-refractivity contribution is 5.70. The number of halogens is 1. The standard InChI is InChI=1S/C31H36N3.HI/c1-2-34-30(20-14-26-10-16-28(17-11-26)32-22-3-4-23-32)8-7-9-31(34)21-15-27-12-18-29(19-13-27)33-24-5-6-25-33;/h7-21H,2-6,22-25H2,1H3;1H/q+1;/p-1. The summed E-state index contributed by atoms with van der Waals surface area (Å²) in [6.07, 6.45) is 14.2. The first-order valence-electron chi connectivity index (χ1n) is 12.9. The maximum absolute atomic E-state index is 2.48. The van der Waals surface area contributed by atoms with Gasteiger partial charge >= 0.3 is 0 Å². The SMILES string of the molecule is CC[n+]1c(C=Cc2ccc(N3CCCC3)cc2)cccc1C=Cc1ccc(N2CCCC2)cc1.[I-]. The van der Waals surface area contributed by atoms with Gasteiger partial charge in [-0.15, -0.1) is 0 Å². The van der Waals surface area contributed by atoms with Gasteiger partial charge in [-0.25, -0.2) is 0 Å². The molecular weight excluding hydrogens is 541 g/mol. The molecule has 2 aliphatic rings. The molecule has 1 aromatic heterocycles. The van der Waals surface area contributed by atoms with E-state index in [0.717, 1.165) is 6.54 Å². The number of nitrogens with zero attached hydrogens (tertiary/aromatic N) is 3. The number of benzene rings is 2. The van der Waals surface area contributed by atoms with Gasteiger partial charge < -0.3 is 33.8 Å². The number of aromatic nitrogens is 1. The van der Waals surface area contributed by atoms with Crippen LogP contribution in [0.5, 0.6) is 0 Å². The lowest BCUT2D eigenvalue weighted by atomic mass is 10.1. The summed E-state index contributed by atoms with van der Waals surface area (Å²) in [6, 6.07) is 24.5. The van der Waals surface area contributed by atoms with Crippen molar-refractivity contribution >= 4 is 35.7 Å². The fraction of sp³-hybridized carbons (Fsp3) is 0.323. The third-order valence-electron chi connectivity index (χ3n) is 7.10. The Balaban J connectivity index is 0.00000289. The summed E-state index contributed by atoms with van der Waals surface area (Å²) in [6.45, 7) is 7.90. The van der Waals surface area contributed by atoms with Crippen molar-refractivity contribution in [3.63, 3.8) is 0 Å². The summed E-state index contributed by atoms with van der Waals surface area (Å²) >= 11 is 0. The molecule has 0 radical (unpaired) electrons. The quantitative estimate of drug-likeness (QED) is 0.314. The molecule has 182 valence electrons. The maximum atomic E-state index is 2.48. The van der Waals surface area contributed by atoms with Gasteiger partial charge in [0.05, 0.1) is 0 Å². The lowest BCUT2D eigenvalue weighted by Gasteiger charge is -2.17. The van der Waals surface area contributed by atoms with Crippen molar-refractivity contribution in [2.24, 2.45) is 0 Å². The normalized spacial score (nSPS) is 15.9. The van der Waals surface area contributed by atoms with Crippen molar-refractivity contribution in [1.29, 1.82) is 0 Å². The molecule has 35 heavy (non-hydrogen) atoms. The fourth-order valence-corrected chi connectivity index (χ4v) is 5.14. The van der Waals surface area contributed by atoms with Crippen molar-refractivity contribution < 1.29 is 28.5 Å². The van der Waals surface area contributed by atoms with E-state index in [4.69, 9.17) is 0 Å². The van der Waals surface area contributed by atoms with E-state index in [1.165, 1.54) is 85.8 Å². The molecule has 2 aliphatic heterocycles. The van der Waals surface area contributed by atoms with Gasteiger partial charge in [-0.1, -0.05) is 24.3 Å². The molecule has 2 fully saturated rings. The number of pyridine rings is 1. The summed E-state index contributed by atoms with van der Waals surface area (Å²) in [5.41, 5.74) is 7.61. The van der Waals surface area contributed by atoms with E-state index in [1.807, 2.05) is 0 Å². The van der Waals surface area contributed by atoms with Crippen LogP contribution in [0.3, 0.4) is 0 Å². The first-order chi connectivity index (χ1) is 16.8. The monoisotopic (exact) mass is 577 g/mol. The van der Waals surface area contributed by atoms with Gasteiger partial charge in [-0.2, -0.15) is 4.57 Å². The molecule has 0 amide bonds. The van der Waals surface area contributed by atoms with Crippen molar-refractivity contribution in [3.8, 4) is 0 Å². The summed E-state index contributed by atoms with van der Waals surface area (Å²) in [4.78, 5) is 4.96. The molecule has 0 aliphatic carbocycles. The Hall–Kier alpha value is -2.60. The summed E-state index contributed by atoms with van der Waals surface area (Å²) in [5, 5.41) is 0. The molecule has 3 nitrogen and oxygen atoms in total. The van der Waals surface area contributed by atoms with Crippen LogP contribution in [0, 0.1) is 0 Å². The minimum absolute atomic E-state index is 0. The third-order valence-corrected chi connectivity index (χ3v) is 7.10. The van der Waals surface area contributed by atoms with Crippen molar-refractivity contribution in [2.45, 2.75) is 39.2 Å². The molecule has 0 N–H and O–H groups in total. The topological polar surface area (TPSA) is 10.4 Å². The zero-order valence-electron chi connectivity index (χ0n) is 20.7. The number of rotatable bonds is 7. The molecule has 0 atom stereocenters. The second-order valence-corrected chi connectivity index (χ2v) is 9.36. The van der Waals surface area contributed by atoms with Crippen LogP contribution in [-0.2, 0) is 6.54 Å². The van der Waals surface area contributed by atoms with Gasteiger partial charge in [0, 0.05) is 61.8 Å². The van der Waals surface area contributed by atoms with Crippen molar-refractivity contribution in [1.82, 2.24) is 0 Å². The van der Waals surface area contributed by atoms with Crippen LogP contribution in [0.25, 0.3) is 24.3 Å². The summed E-state index contributed by atoms with van der Waals surface area (Å²) in [7, 11) is 0. The molecule has 5 rings (SSSR count). The van der Waals surface area contributed by atoms with E-state index >= 15 is 0 Å². The first kappa shape index (κ1) is 25.5. The van der Waals surface area contributed by atoms with Gasteiger partial charge in [-0.05, 0) is 86.2 Å². The summed E-state index contributed by atoms with van der Waals surface area (Å²) < 4.78 is 2.37. The third kappa shape index (κ3) is 6.35. The van der Waals surface area contributed by atoms with Gasteiger partial charge in [0.25, 0.3) is 0 Å². The molecule has 3 aromatic rings. The van der Waals surface area contributed by atoms with E-state index in [1.54, 1.807) is 0 Å². The maximum Gasteiger partial charge on any atom is 0.205 e. The molecule has 0 spiro atoms. The Morgan fingerprint density at radius 1 is 0.600 bits per heavy atom. The largest absolute Gasteiger partial charge is 1.00 e. The Morgan fingerprint density at radius 3 is 1.37 bits per heavy atom. The Kier molecular flexibility index (Phi) is 9.02. The van der Waals surface area contributed by atoms with Gasteiger partial charge in [0.1, 0.15) is 6.54 Å². The summed E-state index contributed by atoms with van der Waals surface area (Å²) in [5.74, 6) is 0. The fourth-order valence-electron chi connectivity index (χ4n) is 5.14. The zero-order valence-corrected chi connectivity index (χ0v) is 22.9. The molecule has 0 bridgehead atoms. The minimum atomic E-state index is 0. The van der Waals surface area contributed by atoms with Crippen LogP contribution in [0.15, 0.2) is 66.7 Å². The Bertz CT molecular complexity index is 1050. The van der Waals surface area contributed by atoms with Crippen LogP contribution in [0.4, 0.5) is 11.4 Å². The lowest BCUT2D eigenvalue weighted by Crippen LogP contribution is -3.00. The van der Waals surface area contributed by atoms with Crippen LogP contribution < -0.4 is 38.3 Å². The van der Waals surface area contributed by atoms with Crippen LogP contribution in [0.1, 0.15) is 55.1 Å². The molecule has 4 heteroatoms. The van der Waals surface area contributed by atoms with Crippen molar-refractivity contribution in [2.75, 3.05) is 36.0 Å². The highest BCUT2D eigenvalue weighted by atomic mass is 127. The van der Waals surface area contributed by atoms with E-state index in [-0.39, 0.29) is 24.0 Å². The number of hydrogen-bond donors (Lipinski definition) is 0. The van der Waals surface area contributed by atoms with Crippen LogP contribution >= 0.6 is 0 Å². The lowest BCUT2D eigenvalue weighted by molar-refractivity contribution is -0.696. The Morgan fingerprint density at radius 2 is 1.00 bits per heavy atom. The molecule has 0 unspecified atom stereocenters. The minimum Gasteiger partial charge on any atom is -1.00 e. The molecule has 3 heterocycles. The predicted molar refractivity (Wildman–Crippen MR) is 146 cm³/mol. The van der Waals surface area contributed by atoms with Gasteiger partial charge in [0.15, 0.2) is 0 Å². The molecule has 2 aromatic carbocycles. The molecular formula is C31H36IN3. The number of anilines is 2. The smallest absolute Gasteiger partial charge is 0.205 e. The zero-order chi connectivity index (χ0) is 23.2. The highest BCUT2D eigenvalue weighted by Crippen LogP contribution is 2.22. The number of hydrogen-bond acceptors (Lipinski definition) is 2. The Labute approximate surface area is 227 Å². The van der Waals surface area contributed by atoms with Gasteiger partial charge in [0.2, 0.25) is 11.4 Å². The van der Waals surface area contributed by atoms with E-state index in [0.29, 0.717) is 0 Å². The van der Waals surface area contributed by atoms with E-state index < -0.39 is 0 Å². The second-order valence-electron chi connectivity index (χ2n) is 9.36. The van der Waals surface area contributed by atoms with Gasteiger partial charge in [-0.3, -0.25) is 0 Å². The van der Waals surface area contributed by atoms with Crippen LogP contribution in [0.2, 0.25) is 0 Å². The first-order valence-corrected chi connectivity index (χ1v) is 12.9. The van der Waals surface area contributed by atoms with E-state index in [9.17, 15) is 0 Å².